The Morgan fingerprint density at radius 1 is 0.889 bits per heavy atom. The highest BCUT2D eigenvalue weighted by Crippen LogP contribution is 2.45. The Bertz CT molecular complexity index is 1170. The van der Waals surface area contributed by atoms with Crippen LogP contribution in [0.3, 0.4) is 0 Å². The molecular weight excluding hydrogens is 561 g/mol. The van der Waals surface area contributed by atoms with Crippen molar-refractivity contribution >= 4 is 0 Å². The molecule has 0 spiro atoms. The van der Waals surface area contributed by atoms with Crippen LogP contribution in [0.4, 0.5) is 13.2 Å². The van der Waals surface area contributed by atoms with Crippen LogP contribution in [0.5, 0.6) is 0 Å². The molecule has 1 aromatic rings. The molecule has 2 fully saturated rings. The third-order valence-corrected chi connectivity index (χ3v) is 11.4. The summed E-state index contributed by atoms with van der Waals surface area (Å²) in [5.41, 5.74) is 2.92. The zero-order chi connectivity index (χ0) is 32.2. The van der Waals surface area contributed by atoms with Crippen LogP contribution in [-0.4, -0.2) is 0 Å². The topological polar surface area (TPSA) is 0 Å². The van der Waals surface area contributed by atoms with E-state index in [0.717, 1.165) is 67.4 Å². The number of halogens is 3. The Balaban J connectivity index is 1.28. The minimum Gasteiger partial charge on any atom is -0.208 e. The predicted octanol–water partition coefficient (Wildman–Crippen LogP) is 14.1. The van der Waals surface area contributed by atoms with E-state index in [1.54, 1.807) is 6.08 Å². The van der Waals surface area contributed by atoms with Crippen molar-refractivity contribution in [3.63, 3.8) is 0 Å². The maximum Gasteiger partial charge on any atom is 0.158 e. The second-order valence-corrected chi connectivity index (χ2v) is 14.3. The Morgan fingerprint density at radius 3 is 2.18 bits per heavy atom. The van der Waals surface area contributed by atoms with Crippen molar-refractivity contribution in [3.8, 4) is 0 Å². The van der Waals surface area contributed by atoms with E-state index in [0.29, 0.717) is 24.0 Å². The third-order valence-electron chi connectivity index (χ3n) is 11.4. The molecule has 248 valence electrons. The number of benzene rings is 1. The lowest BCUT2D eigenvalue weighted by Gasteiger charge is -2.38. The van der Waals surface area contributed by atoms with E-state index in [1.165, 1.54) is 64.2 Å². The average Bonchev–Trinajstić information content (AvgIpc) is 3.07. The fraction of sp³-hybridized carbons (Fsp3) is 0.619. The lowest BCUT2D eigenvalue weighted by atomic mass is 9.68. The van der Waals surface area contributed by atoms with Crippen molar-refractivity contribution in [2.75, 3.05) is 0 Å². The van der Waals surface area contributed by atoms with Gasteiger partial charge >= 0.3 is 0 Å². The van der Waals surface area contributed by atoms with Gasteiger partial charge in [-0.05, 0) is 129 Å². The standard InChI is InChI=1S/C42H59F3/c1-5-8-10-12-14-38-27-28-39(42(45)41(38)44)37-25-23-34(24-26-37)32(7-3)29-40(43)30(4)33-19-21-36(22-20-33)35-17-15-31(16-18-35)13-11-9-6-2/h5,23-27,29,31-33,35-36,39H,1,4,6-22,28H2,2-3H3/b40-29+. The Kier molecular flexibility index (Phi) is 14.3. The summed E-state index contributed by atoms with van der Waals surface area (Å²) >= 11 is 0. The molecule has 45 heavy (non-hydrogen) atoms. The van der Waals surface area contributed by atoms with E-state index >= 15 is 8.78 Å². The maximum atomic E-state index is 15.6. The zero-order valence-electron chi connectivity index (χ0n) is 28.3. The van der Waals surface area contributed by atoms with E-state index in [-0.39, 0.29) is 17.7 Å². The van der Waals surface area contributed by atoms with Gasteiger partial charge in [0.15, 0.2) is 5.83 Å². The first-order chi connectivity index (χ1) is 21.9. The summed E-state index contributed by atoms with van der Waals surface area (Å²) < 4.78 is 45.6. The molecule has 0 nitrogen and oxygen atoms in total. The highest BCUT2D eigenvalue weighted by molar-refractivity contribution is 5.41. The lowest BCUT2D eigenvalue weighted by molar-refractivity contribution is 0.149. The van der Waals surface area contributed by atoms with Gasteiger partial charge in [0.1, 0.15) is 11.7 Å². The van der Waals surface area contributed by atoms with Gasteiger partial charge in [0.05, 0.1) is 0 Å². The van der Waals surface area contributed by atoms with Crippen molar-refractivity contribution in [1.29, 1.82) is 0 Å². The van der Waals surface area contributed by atoms with Crippen LogP contribution in [0.2, 0.25) is 0 Å². The number of rotatable bonds is 16. The minimum absolute atomic E-state index is 0.0785. The normalized spacial score (nSPS) is 26.8. The van der Waals surface area contributed by atoms with Gasteiger partial charge in [-0.1, -0.05) is 95.4 Å². The van der Waals surface area contributed by atoms with Gasteiger partial charge in [0.2, 0.25) is 0 Å². The van der Waals surface area contributed by atoms with Gasteiger partial charge in [-0.3, -0.25) is 0 Å². The van der Waals surface area contributed by atoms with Crippen molar-refractivity contribution in [2.24, 2.45) is 23.7 Å². The van der Waals surface area contributed by atoms with E-state index < -0.39 is 17.6 Å². The predicted molar refractivity (Wildman–Crippen MR) is 186 cm³/mol. The number of unbranched alkanes of at least 4 members (excludes halogenated alkanes) is 4. The zero-order valence-corrected chi connectivity index (χ0v) is 28.3. The molecule has 1 aromatic carbocycles. The van der Waals surface area contributed by atoms with Crippen molar-refractivity contribution in [1.82, 2.24) is 0 Å². The van der Waals surface area contributed by atoms with Gasteiger partial charge in [-0.25, -0.2) is 13.2 Å². The highest BCUT2D eigenvalue weighted by Gasteiger charge is 2.32. The smallest absolute Gasteiger partial charge is 0.158 e. The molecule has 3 aliphatic carbocycles. The Labute approximate surface area is 273 Å². The van der Waals surface area contributed by atoms with Crippen molar-refractivity contribution in [3.05, 3.63) is 95.4 Å². The summed E-state index contributed by atoms with van der Waals surface area (Å²) in [6, 6.07) is 7.69. The largest absolute Gasteiger partial charge is 0.208 e. The third kappa shape index (κ3) is 9.85. The van der Waals surface area contributed by atoms with Crippen LogP contribution in [-0.2, 0) is 0 Å². The lowest BCUT2D eigenvalue weighted by Crippen LogP contribution is -2.26. The molecular formula is C42H59F3. The first-order valence-corrected chi connectivity index (χ1v) is 18.4. The van der Waals surface area contributed by atoms with E-state index in [9.17, 15) is 4.39 Å². The molecule has 2 unspecified atom stereocenters. The Morgan fingerprint density at radius 2 is 1.56 bits per heavy atom. The van der Waals surface area contributed by atoms with Gasteiger partial charge in [0.25, 0.3) is 0 Å². The number of hydrogen-bond acceptors (Lipinski definition) is 0. The summed E-state index contributed by atoms with van der Waals surface area (Å²) in [7, 11) is 0. The van der Waals surface area contributed by atoms with Crippen molar-refractivity contribution in [2.45, 2.75) is 141 Å². The van der Waals surface area contributed by atoms with Crippen LogP contribution < -0.4 is 0 Å². The molecule has 0 aliphatic heterocycles. The van der Waals surface area contributed by atoms with Crippen molar-refractivity contribution < 1.29 is 13.2 Å². The van der Waals surface area contributed by atoms with Crippen LogP contribution >= 0.6 is 0 Å². The maximum absolute atomic E-state index is 15.6. The average molecular weight is 621 g/mol. The summed E-state index contributed by atoms with van der Waals surface area (Å²) in [6.07, 6.45) is 25.5. The van der Waals surface area contributed by atoms with E-state index in [2.05, 4.69) is 27.0 Å². The van der Waals surface area contributed by atoms with Crippen LogP contribution in [0, 0.1) is 23.7 Å². The quantitative estimate of drug-likeness (QED) is 0.0980. The Hall–Kier alpha value is -2.29. The molecule has 0 saturated heterocycles. The number of allylic oxidation sites excluding steroid dienone is 8. The number of hydrogen-bond donors (Lipinski definition) is 0. The van der Waals surface area contributed by atoms with E-state index in [1.807, 2.05) is 36.4 Å². The molecule has 2 saturated carbocycles. The molecule has 0 amide bonds. The molecule has 2 atom stereocenters. The fourth-order valence-corrected chi connectivity index (χ4v) is 8.33. The molecule has 0 radical (unpaired) electrons. The van der Waals surface area contributed by atoms with Gasteiger partial charge in [-0.15, -0.1) is 6.58 Å². The summed E-state index contributed by atoms with van der Waals surface area (Å²) in [5, 5.41) is 0. The summed E-state index contributed by atoms with van der Waals surface area (Å²) in [5.74, 6) is 0.660. The monoisotopic (exact) mass is 620 g/mol. The molecule has 0 N–H and O–H groups in total. The molecule has 0 heterocycles. The fourth-order valence-electron chi connectivity index (χ4n) is 8.33. The summed E-state index contributed by atoms with van der Waals surface area (Å²) in [6.45, 7) is 12.3. The molecule has 0 aromatic heterocycles. The molecule has 3 heteroatoms. The second-order valence-electron chi connectivity index (χ2n) is 14.3. The minimum atomic E-state index is -0.692. The van der Waals surface area contributed by atoms with E-state index in [4.69, 9.17) is 0 Å². The first kappa shape index (κ1) is 35.6. The molecule has 3 aliphatic rings. The SMILES string of the molecule is C=CCCCCC1=CCC(c2ccc(C(/C=C(/F)C(=C)C3CCC(C4CCC(CCCCC)CC4)CC3)CC)cc2)C(F)=C1F. The van der Waals surface area contributed by atoms with Crippen LogP contribution in [0.1, 0.15) is 152 Å². The van der Waals surface area contributed by atoms with Crippen LogP contribution in [0.15, 0.2) is 84.3 Å². The molecule has 4 rings (SSSR count). The van der Waals surface area contributed by atoms with Gasteiger partial charge in [-0.2, -0.15) is 0 Å². The van der Waals surface area contributed by atoms with Gasteiger partial charge < -0.3 is 0 Å². The van der Waals surface area contributed by atoms with Crippen LogP contribution in [0.25, 0.3) is 0 Å². The highest BCUT2D eigenvalue weighted by atomic mass is 19.2. The second kappa shape index (κ2) is 18.2. The summed E-state index contributed by atoms with van der Waals surface area (Å²) in [4.78, 5) is 0. The molecule has 0 bridgehead atoms. The van der Waals surface area contributed by atoms with Gasteiger partial charge in [0, 0.05) is 11.8 Å². The first-order valence-electron chi connectivity index (χ1n) is 18.4.